The van der Waals surface area contributed by atoms with Gasteiger partial charge in [0.1, 0.15) is 11.3 Å². The molecule has 1 aromatic carbocycles. The molecular formula is C21H21N5O. The largest absolute Gasteiger partial charge is 0.516 e. The molecule has 3 aliphatic carbocycles. The highest BCUT2D eigenvalue weighted by molar-refractivity contribution is 5.75. The molecule has 6 nitrogen and oxygen atoms in total. The SMILES string of the molecule is O/C=C1/CCCC[C@]12C1CC12Cc1nccc(-n2nnc3ccccc32)n1. The van der Waals surface area contributed by atoms with Gasteiger partial charge in [0.25, 0.3) is 0 Å². The Morgan fingerprint density at radius 1 is 1.22 bits per heavy atom. The number of allylic oxidation sites excluding steroid dienone is 1. The number of aromatic nitrogens is 5. The van der Waals surface area contributed by atoms with Crippen LogP contribution in [0.5, 0.6) is 0 Å². The molecule has 2 heterocycles. The molecule has 0 bridgehead atoms. The smallest absolute Gasteiger partial charge is 0.159 e. The Hall–Kier alpha value is -2.76. The summed E-state index contributed by atoms with van der Waals surface area (Å²) in [5.41, 5.74) is 3.60. The summed E-state index contributed by atoms with van der Waals surface area (Å²) < 4.78 is 1.78. The van der Waals surface area contributed by atoms with Crippen molar-refractivity contribution in [2.24, 2.45) is 16.7 Å². The lowest BCUT2D eigenvalue weighted by Crippen LogP contribution is -2.25. The van der Waals surface area contributed by atoms with Crippen molar-refractivity contribution in [3.05, 3.63) is 54.2 Å². The minimum absolute atomic E-state index is 0.235. The van der Waals surface area contributed by atoms with E-state index in [4.69, 9.17) is 4.98 Å². The standard InChI is InChI=1S/C21H21N5O/c27-13-14-5-3-4-9-21(14)17-11-20(17,21)12-18-22-10-8-19(23-18)26-16-7-2-1-6-15(16)24-25-26/h1-2,6-8,10,13,17,27H,3-5,9,11-12H2/b14-13-/t17?,20?,21-/m1/s1. The Morgan fingerprint density at radius 3 is 3.04 bits per heavy atom. The molecule has 0 radical (unpaired) electrons. The molecule has 3 aromatic rings. The molecular weight excluding hydrogens is 338 g/mol. The van der Waals surface area contributed by atoms with Gasteiger partial charge in [0, 0.05) is 24.1 Å². The summed E-state index contributed by atoms with van der Waals surface area (Å²) in [6.07, 6.45) is 10.0. The van der Waals surface area contributed by atoms with Crippen LogP contribution in [0.2, 0.25) is 0 Å². The van der Waals surface area contributed by atoms with Gasteiger partial charge in [-0.05, 0) is 54.7 Å². The quantitative estimate of drug-likeness (QED) is 0.720. The molecule has 136 valence electrons. The number of aliphatic hydroxyl groups excluding tert-OH is 1. The molecule has 3 fully saturated rings. The molecule has 3 saturated carbocycles. The highest BCUT2D eigenvalue weighted by Crippen LogP contribution is 2.93. The molecule has 6 heteroatoms. The number of hydrogen-bond donors (Lipinski definition) is 1. The van der Waals surface area contributed by atoms with Crippen LogP contribution in [0.15, 0.2) is 48.4 Å². The van der Waals surface area contributed by atoms with Crippen molar-refractivity contribution in [2.75, 3.05) is 0 Å². The molecule has 2 aromatic heterocycles. The van der Waals surface area contributed by atoms with Crippen molar-refractivity contribution in [2.45, 2.75) is 38.5 Å². The van der Waals surface area contributed by atoms with Gasteiger partial charge in [-0.2, -0.15) is 4.68 Å². The van der Waals surface area contributed by atoms with Crippen molar-refractivity contribution in [1.82, 2.24) is 25.0 Å². The van der Waals surface area contributed by atoms with E-state index in [1.54, 1.807) is 4.68 Å². The van der Waals surface area contributed by atoms with Gasteiger partial charge in [0.05, 0.1) is 11.8 Å². The molecule has 27 heavy (non-hydrogen) atoms. The number of hydrogen-bond acceptors (Lipinski definition) is 5. The Kier molecular flexibility index (Phi) is 2.92. The summed E-state index contributed by atoms with van der Waals surface area (Å²) in [5, 5.41) is 18.2. The summed E-state index contributed by atoms with van der Waals surface area (Å²) in [6, 6.07) is 9.78. The highest BCUT2D eigenvalue weighted by Gasteiger charge is 2.88. The fraction of sp³-hybridized carbons (Fsp3) is 0.429. The van der Waals surface area contributed by atoms with Crippen molar-refractivity contribution in [3.8, 4) is 5.82 Å². The van der Waals surface area contributed by atoms with E-state index >= 15 is 0 Å². The first kappa shape index (κ1) is 15.3. The Bertz CT molecular complexity index is 1090. The summed E-state index contributed by atoms with van der Waals surface area (Å²) in [5.74, 6) is 2.34. The van der Waals surface area contributed by atoms with Gasteiger partial charge < -0.3 is 5.11 Å². The van der Waals surface area contributed by atoms with Crippen LogP contribution in [-0.4, -0.2) is 30.1 Å². The highest BCUT2D eigenvalue weighted by atomic mass is 16.2. The molecule has 2 unspecified atom stereocenters. The maximum atomic E-state index is 9.74. The molecule has 0 amide bonds. The summed E-state index contributed by atoms with van der Waals surface area (Å²) in [4.78, 5) is 9.37. The van der Waals surface area contributed by atoms with Gasteiger partial charge in [0.15, 0.2) is 5.82 Å². The molecule has 0 aliphatic heterocycles. The zero-order valence-electron chi connectivity index (χ0n) is 15.0. The summed E-state index contributed by atoms with van der Waals surface area (Å²) in [6.45, 7) is 0. The second kappa shape index (κ2) is 5.15. The zero-order chi connectivity index (χ0) is 18.1. The molecule has 3 aliphatic rings. The fourth-order valence-corrected chi connectivity index (χ4v) is 5.81. The minimum atomic E-state index is 0.235. The lowest BCUT2D eigenvalue weighted by molar-refractivity contribution is 0.265. The van der Waals surface area contributed by atoms with E-state index in [0.29, 0.717) is 5.92 Å². The maximum Gasteiger partial charge on any atom is 0.159 e. The number of nitrogens with zero attached hydrogens (tertiary/aromatic N) is 5. The summed E-state index contributed by atoms with van der Waals surface area (Å²) in [7, 11) is 0. The van der Waals surface area contributed by atoms with Gasteiger partial charge in [-0.1, -0.05) is 23.8 Å². The van der Waals surface area contributed by atoms with E-state index in [-0.39, 0.29) is 10.8 Å². The Morgan fingerprint density at radius 2 is 2.15 bits per heavy atom. The van der Waals surface area contributed by atoms with E-state index in [2.05, 4.69) is 15.3 Å². The van der Waals surface area contributed by atoms with Crippen LogP contribution in [-0.2, 0) is 6.42 Å². The van der Waals surface area contributed by atoms with Crippen LogP contribution >= 0.6 is 0 Å². The predicted octanol–water partition coefficient (Wildman–Crippen LogP) is 3.78. The van der Waals surface area contributed by atoms with Gasteiger partial charge >= 0.3 is 0 Å². The second-order valence-corrected chi connectivity index (χ2v) is 8.24. The Labute approximate surface area is 157 Å². The van der Waals surface area contributed by atoms with Crippen LogP contribution in [0.3, 0.4) is 0 Å². The zero-order valence-corrected chi connectivity index (χ0v) is 15.0. The van der Waals surface area contributed by atoms with Crippen LogP contribution in [0.25, 0.3) is 16.9 Å². The van der Waals surface area contributed by atoms with Crippen molar-refractivity contribution < 1.29 is 5.11 Å². The second-order valence-electron chi connectivity index (χ2n) is 8.24. The van der Waals surface area contributed by atoms with E-state index in [0.717, 1.165) is 35.5 Å². The molecule has 1 N–H and O–H groups in total. The van der Waals surface area contributed by atoms with E-state index in [9.17, 15) is 5.11 Å². The monoisotopic (exact) mass is 359 g/mol. The van der Waals surface area contributed by atoms with Gasteiger partial charge in [0.2, 0.25) is 0 Å². The van der Waals surface area contributed by atoms with Crippen LogP contribution in [0, 0.1) is 16.7 Å². The summed E-state index contributed by atoms with van der Waals surface area (Å²) >= 11 is 0. The lowest BCUT2D eigenvalue weighted by atomic mass is 9.71. The first-order valence-corrected chi connectivity index (χ1v) is 9.75. The maximum absolute atomic E-state index is 9.74. The van der Waals surface area contributed by atoms with Gasteiger partial charge in [-0.3, -0.25) is 0 Å². The third-order valence-electron chi connectivity index (χ3n) is 7.20. The van der Waals surface area contributed by atoms with E-state index in [1.165, 1.54) is 37.5 Å². The van der Waals surface area contributed by atoms with E-state index < -0.39 is 0 Å². The molecule has 6 rings (SSSR count). The first-order chi connectivity index (χ1) is 13.3. The van der Waals surface area contributed by atoms with Gasteiger partial charge in [-0.15, -0.1) is 5.10 Å². The fourth-order valence-electron chi connectivity index (χ4n) is 5.81. The third kappa shape index (κ3) is 1.90. The number of para-hydroxylation sites is 1. The van der Waals surface area contributed by atoms with Crippen molar-refractivity contribution in [1.29, 1.82) is 0 Å². The van der Waals surface area contributed by atoms with Crippen molar-refractivity contribution in [3.63, 3.8) is 0 Å². The van der Waals surface area contributed by atoms with Crippen molar-refractivity contribution >= 4 is 11.0 Å². The van der Waals surface area contributed by atoms with Gasteiger partial charge in [-0.25, -0.2) is 9.97 Å². The minimum Gasteiger partial charge on any atom is -0.516 e. The normalized spacial score (nSPS) is 32.7. The molecule has 0 saturated heterocycles. The van der Waals surface area contributed by atoms with Crippen LogP contribution in [0.1, 0.15) is 37.9 Å². The lowest BCUT2D eigenvalue weighted by Gasteiger charge is -2.33. The molecule has 3 atom stereocenters. The van der Waals surface area contributed by atoms with E-state index in [1.807, 2.05) is 36.5 Å². The molecule has 1 spiro atoms. The predicted molar refractivity (Wildman–Crippen MR) is 100 cm³/mol. The Balaban J connectivity index is 1.33. The number of aliphatic hydroxyl groups is 1. The number of benzene rings is 1. The topological polar surface area (TPSA) is 76.7 Å². The first-order valence-electron chi connectivity index (χ1n) is 9.75. The average Bonchev–Trinajstić information content (AvgIpc) is 3.49. The average molecular weight is 359 g/mol. The number of rotatable bonds is 3. The third-order valence-corrected chi connectivity index (χ3v) is 7.20. The van der Waals surface area contributed by atoms with Crippen LogP contribution < -0.4 is 0 Å². The number of fused-ring (bicyclic) bond motifs is 4. The van der Waals surface area contributed by atoms with Crippen LogP contribution in [0.4, 0.5) is 0 Å².